The number of thiazole rings is 1. The van der Waals surface area contributed by atoms with Crippen LogP contribution in [0.5, 0.6) is 17.2 Å². The molecule has 2 rings (SSSR count). The van der Waals surface area contributed by atoms with E-state index in [1.807, 2.05) is 0 Å². The second kappa shape index (κ2) is 8.56. The number of anilines is 1. The molecule has 2 aromatic rings. The molecule has 0 saturated carbocycles. The highest BCUT2D eigenvalue weighted by Crippen LogP contribution is 2.38. The summed E-state index contributed by atoms with van der Waals surface area (Å²) in [6, 6.07) is 3.50. The number of benzene rings is 1. The van der Waals surface area contributed by atoms with E-state index in [0.29, 0.717) is 28.3 Å². The predicted octanol–water partition coefficient (Wildman–Crippen LogP) is 3.56. The zero-order valence-electron chi connectivity index (χ0n) is 13.5. The Morgan fingerprint density at radius 3 is 2.42 bits per heavy atom. The van der Waals surface area contributed by atoms with Gasteiger partial charge >= 0.3 is 0 Å². The molecule has 0 bridgehead atoms. The van der Waals surface area contributed by atoms with Crippen molar-refractivity contribution in [3.63, 3.8) is 0 Å². The van der Waals surface area contributed by atoms with Crippen LogP contribution in [0.1, 0.15) is 11.3 Å². The van der Waals surface area contributed by atoms with Gasteiger partial charge in [0.2, 0.25) is 11.7 Å². The number of carbonyl (C=O) groups is 1. The van der Waals surface area contributed by atoms with Gasteiger partial charge in [-0.05, 0) is 23.8 Å². The van der Waals surface area contributed by atoms with Crippen molar-refractivity contribution in [3.05, 3.63) is 34.8 Å². The first-order chi connectivity index (χ1) is 11.6. The molecule has 0 atom stereocenters. The van der Waals surface area contributed by atoms with Crippen molar-refractivity contribution in [1.29, 1.82) is 0 Å². The molecule has 0 aliphatic carbocycles. The minimum Gasteiger partial charge on any atom is -0.493 e. The van der Waals surface area contributed by atoms with E-state index in [9.17, 15) is 4.79 Å². The van der Waals surface area contributed by atoms with E-state index in [0.717, 1.165) is 11.3 Å². The topological polar surface area (TPSA) is 69.7 Å². The molecule has 24 heavy (non-hydrogen) atoms. The van der Waals surface area contributed by atoms with E-state index in [1.54, 1.807) is 23.6 Å². The van der Waals surface area contributed by atoms with E-state index in [-0.39, 0.29) is 5.91 Å². The van der Waals surface area contributed by atoms with Gasteiger partial charge in [-0.1, -0.05) is 0 Å². The van der Waals surface area contributed by atoms with E-state index in [1.165, 1.54) is 38.7 Å². The zero-order valence-corrected chi connectivity index (χ0v) is 15.0. The molecular weight excluding hydrogens is 352 g/mol. The molecule has 0 radical (unpaired) electrons. The number of hydrogen-bond acceptors (Lipinski definition) is 6. The summed E-state index contributed by atoms with van der Waals surface area (Å²) in [7, 11) is 4.61. The van der Waals surface area contributed by atoms with Crippen molar-refractivity contribution in [2.24, 2.45) is 0 Å². The average Bonchev–Trinajstić information content (AvgIpc) is 3.06. The lowest BCUT2D eigenvalue weighted by atomic mass is 10.1. The molecule has 6 nitrogen and oxygen atoms in total. The lowest BCUT2D eigenvalue weighted by Crippen LogP contribution is -2.07. The Morgan fingerprint density at radius 1 is 1.25 bits per heavy atom. The van der Waals surface area contributed by atoms with Gasteiger partial charge in [0.25, 0.3) is 0 Å². The van der Waals surface area contributed by atoms with Gasteiger partial charge in [-0.25, -0.2) is 4.98 Å². The van der Waals surface area contributed by atoms with Crippen molar-refractivity contribution in [2.75, 3.05) is 26.6 Å². The third-order valence-electron chi connectivity index (χ3n) is 3.03. The molecule has 1 amide bonds. The summed E-state index contributed by atoms with van der Waals surface area (Å²) in [6.45, 7) is 0. The molecule has 0 fully saturated rings. The number of methoxy groups -OCH3 is 3. The van der Waals surface area contributed by atoms with E-state index < -0.39 is 0 Å². The fraction of sp³-hybridized carbons (Fsp3) is 0.250. The van der Waals surface area contributed by atoms with Crippen LogP contribution < -0.4 is 19.5 Å². The van der Waals surface area contributed by atoms with Gasteiger partial charge in [0.05, 0.1) is 32.9 Å². The Bertz CT molecular complexity index is 720. The first-order valence-corrected chi connectivity index (χ1v) is 8.32. The van der Waals surface area contributed by atoms with Crippen LogP contribution in [0.4, 0.5) is 5.13 Å². The summed E-state index contributed by atoms with van der Waals surface area (Å²) in [5.41, 5.74) is 1.46. The highest BCUT2D eigenvalue weighted by atomic mass is 35.5. The Kier molecular flexibility index (Phi) is 6.45. The van der Waals surface area contributed by atoms with Gasteiger partial charge in [0.15, 0.2) is 16.6 Å². The Labute approximate surface area is 149 Å². The lowest BCUT2D eigenvalue weighted by molar-refractivity contribution is -0.111. The summed E-state index contributed by atoms with van der Waals surface area (Å²) < 4.78 is 15.8. The summed E-state index contributed by atoms with van der Waals surface area (Å²) >= 11 is 7.01. The fourth-order valence-corrected chi connectivity index (χ4v) is 2.88. The summed E-state index contributed by atoms with van der Waals surface area (Å²) in [5, 5.41) is 4.98. The number of amides is 1. The van der Waals surface area contributed by atoms with Gasteiger partial charge in [-0.3, -0.25) is 10.1 Å². The quantitative estimate of drug-likeness (QED) is 0.597. The van der Waals surface area contributed by atoms with Crippen molar-refractivity contribution in [2.45, 2.75) is 5.88 Å². The smallest absolute Gasteiger partial charge is 0.250 e. The number of nitrogens with one attached hydrogen (secondary N) is 1. The number of ether oxygens (including phenoxy) is 3. The van der Waals surface area contributed by atoms with E-state index >= 15 is 0 Å². The molecule has 1 aromatic heterocycles. The second-order valence-electron chi connectivity index (χ2n) is 4.56. The third-order valence-corrected chi connectivity index (χ3v) is 4.11. The highest BCUT2D eigenvalue weighted by molar-refractivity contribution is 7.14. The summed E-state index contributed by atoms with van der Waals surface area (Å²) in [6.07, 6.45) is 3.05. The number of aromatic nitrogens is 1. The predicted molar refractivity (Wildman–Crippen MR) is 95.4 cm³/mol. The minimum absolute atomic E-state index is 0.292. The molecule has 128 valence electrons. The van der Waals surface area contributed by atoms with Crippen LogP contribution in [0, 0.1) is 0 Å². The van der Waals surface area contributed by atoms with Gasteiger partial charge in [-0.2, -0.15) is 0 Å². The first-order valence-electron chi connectivity index (χ1n) is 6.90. The Morgan fingerprint density at radius 2 is 1.92 bits per heavy atom. The number of hydrogen-bond donors (Lipinski definition) is 1. The number of alkyl halides is 1. The normalized spacial score (nSPS) is 10.7. The zero-order chi connectivity index (χ0) is 17.5. The van der Waals surface area contributed by atoms with Crippen LogP contribution in [0.25, 0.3) is 6.08 Å². The van der Waals surface area contributed by atoms with Crippen molar-refractivity contribution < 1.29 is 19.0 Å². The molecular formula is C16H17ClN2O4S. The number of rotatable bonds is 7. The highest BCUT2D eigenvalue weighted by Gasteiger charge is 2.12. The van der Waals surface area contributed by atoms with Gasteiger partial charge in [0.1, 0.15) is 0 Å². The monoisotopic (exact) mass is 368 g/mol. The average molecular weight is 369 g/mol. The maximum absolute atomic E-state index is 12.0. The maximum atomic E-state index is 12.0. The van der Waals surface area contributed by atoms with Crippen LogP contribution in [0.15, 0.2) is 23.6 Å². The van der Waals surface area contributed by atoms with E-state index in [2.05, 4.69) is 10.3 Å². The minimum atomic E-state index is -0.292. The van der Waals surface area contributed by atoms with E-state index in [4.69, 9.17) is 25.8 Å². The lowest BCUT2D eigenvalue weighted by Gasteiger charge is -2.12. The van der Waals surface area contributed by atoms with Crippen molar-refractivity contribution in [3.8, 4) is 17.2 Å². The SMILES string of the molecule is COc1cc(/C=C/C(=O)Nc2nc(CCl)cs2)cc(OC)c1OC. The van der Waals surface area contributed by atoms with Gasteiger partial charge < -0.3 is 14.2 Å². The van der Waals surface area contributed by atoms with Gasteiger partial charge in [-0.15, -0.1) is 22.9 Å². The molecule has 0 spiro atoms. The number of halogens is 1. The Balaban J connectivity index is 2.14. The first kappa shape index (κ1) is 18.1. The number of carbonyl (C=O) groups excluding carboxylic acids is 1. The second-order valence-corrected chi connectivity index (χ2v) is 5.68. The van der Waals surface area contributed by atoms with Crippen LogP contribution in [-0.4, -0.2) is 32.2 Å². The van der Waals surface area contributed by atoms with Crippen LogP contribution in [0.2, 0.25) is 0 Å². The molecule has 0 saturated heterocycles. The van der Waals surface area contributed by atoms with Gasteiger partial charge in [0, 0.05) is 11.5 Å². The third kappa shape index (κ3) is 4.39. The standard InChI is InChI=1S/C16H17ClN2O4S/c1-21-12-6-10(7-13(22-2)15(12)23-3)4-5-14(20)19-16-18-11(8-17)9-24-16/h4-7,9H,8H2,1-3H3,(H,18,19,20)/b5-4+. The summed E-state index contributed by atoms with van der Waals surface area (Å²) in [4.78, 5) is 16.1. The Hall–Kier alpha value is -2.25. The van der Waals surface area contributed by atoms with Crippen LogP contribution in [-0.2, 0) is 10.7 Å². The molecule has 1 heterocycles. The molecule has 1 aromatic carbocycles. The maximum Gasteiger partial charge on any atom is 0.250 e. The van der Waals surface area contributed by atoms with Crippen molar-refractivity contribution >= 4 is 40.1 Å². The molecule has 0 aliphatic rings. The van der Waals surface area contributed by atoms with Crippen LogP contribution >= 0.6 is 22.9 Å². The number of nitrogens with zero attached hydrogens (tertiary/aromatic N) is 1. The largest absolute Gasteiger partial charge is 0.493 e. The molecule has 1 N–H and O–H groups in total. The summed E-state index contributed by atoms with van der Waals surface area (Å²) in [5.74, 6) is 1.55. The molecule has 0 aliphatic heterocycles. The van der Waals surface area contributed by atoms with Crippen molar-refractivity contribution in [1.82, 2.24) is 4.98 Å². The fourth-order valence-electron chi connectivity index (χ4n) is 1.94. The molecule has 0 unspecified atom stereocenters. The molecule has 8 heteroatoms. The van der Waals surface area contributed by atoms with Crippen LogP contribution in [0.3, 0.4) is 0 Å².